The van der Waals surface area contributed by atoms with Crippen molar-refractivity contribution < 1.29 is 10.0 Å². The van der Waals surface area contributed by atoms with Gasteiger partial charge < -0.3 is 10.4 Å². The molecule has 1 aromatic heterocycles. The standard InChI is InChI=1S/C13H18BrN3O3/c1-9-2-4-13(8-18,5-3-9)16-12-11(14)6-10(7-15-12)17(19)20/h6-7,9,18H,2-5,8H2,1H3,(H,15,16). The van der Waals surface area contributed by atoms with Gasteiger partial charge in [0.05, 0.1) is 21.5 Å². The monoisotopic (exact) mass is 343 g/mol. The Morgan fingerprint density at radius 1 is 1.60 bits per heavy atom. The lowest BCUT2D eigenvalue weighted by molar-refractivity contribution is -0.385. The molecule has 0 saturated heterocycles. The molecule has 0 aliphatic heterocycles. The molecule has 0 bridgehead atoms. The van der Waals surface area contributed by atoms with Gasteiger partial charge in [-0.25, -0.2) is 4.98 Å². The van der Waals surface area contributed by atoms with Crippen LogP contribution < -0.4 is 5.32 Å². The Balaban J connectivity index is 2.17. The highest BCUT2D eigenvalue weighted by molar-refractivity contribution is 9.10. The number of aliphatic hydroxyl groups is 1. The Kier molecular flexibility index (Phi) is 4.59. The highest BCUT2D eigenvalue weighted by atomic mass is 79.9. The topological polar surface area (TPSA) is 88.3 Å². The van der Waals surface area contributed by atoms with Gasteiger partial charge in [-0.3, -0.25) is 10.1 Å². The van der Waals surface area contributed by atoms with Gasteiger partial charge in [0.1, 0.15) is 12.0 Å². The summed E-state index contributed by atoms with van der Waals surface area (Å²) in [5.74, 6) is 1.21. The van der Waals surface area contributed by atoms with E-state index < -0.39 is 4.92 Å². The molecule has 6 nitrogen and oxygen atoms in total. The number of pyridine rings is 1. The number of halogens is 1. The van der Waals surface area contributed by atoms with E-state index >= 15 is 0 Å². The molecule has 0 spiro atoms. The molecule has 20 heavy (non-hydrogen) atoms. The summed E-state index contributed by atoms with van der Waals surface area (Å²) in [5, 5.41) is 23.7. The summed E-state index contributed by atoms with van der Waals surface area (Å²) >= 11 is 3.30. The Labute approximate surface area is 125 Å². The van der Waals surface area contributed by atoms with Crippen molar-refractivity contribution in [3.8, 4) is 0 Å². The number of anilines is 1. The van der Waals surface area contributed by atoms with Crippen LogP contribution >= 0.6 is 15.9 Å². The fraction of sp³-hybridized carbons (Fsp3) is 0.615. The Morgan fingerprint density at radius 3 is 2.75 bits per heavy atom. The van der Waals surface area contributed by atoms with E-state index in [0.29, 0.717) is 16.2 Å². The zero-order valence-corrected chi connectivity index (χ0v) is 12.9. The van der Waals surface area contributed by atoms with Crippen molar-refractivity contribution in [3.63, 3.8) is 0 Å². The molecule has 7 heteroatoms. The fourth-order valence-electron chi connectivity index (χ4n) is 2.51. The van der Waals surface area contributed by atoms with Gasteiger partial charge in [-0.05, 0) is 47.5 Å². The van der Waals surface area contributed by atoms with Crippen LogP contribution in [0.1, 0.15) is 32.6 Å². The molecule has 0 unspecified atom stereocenters. The first-order valence-electron chi connectivity index (χ1n) is 6.65. The van der Waals surface area contributed by atoms with E-state index in [1.165, 1.54) is 12.3 Å². The van der Waals surface area contributed by atoms with Crippen LogP contribution in [-0.2, 0) is 0 Å². The third-order valence-corrected chi connectivity index (χ3v) is 4.56. The Morgan fingerprint density at radius 2 is 2.25 bits per heavy atom. The molecular weight excluding hydrogens is 326 g/mol. The summed E-state index contributed by atoms with van der Waals surface area (Å²) < 4.78 is 0.540. The Hall–Kier alpha value is -1.21. The first-order valence-corrected chi connectivity index (χ1v) is 7.44. The van der Waals surface area contributed by atoms with Crippen LogP contribution in [0.4, 0.5) is 11.5 Å². The minimum Gasteiger partial charge on any atom is -0.394 e. The molecule has 1 heterocycles. The third-order valence-electron chi connectivity index (χ3n) is 3.96. The maximum atomic E-state index is 10.7. The number of nitrogens with one attached hydrogen (secondary N) is 1. The number of aliphatic hydroxyl groups excluding tert-OH is 1. The van der Waals surface area contributed by atoms with Crippen molar-refractivity contribution in [1.29, 1.82) is 0 Å². The van der Waals surface area contributed by atoms with Crippen LogP contribution in [0, 0.1) is 16.0 Å². The van der Waals surface area contributed by atoms with Gasteiger partial charge in [-0.2, -0.15) is 0 Å². The highest BCUT2D eigenvalue weighted by Gasteiger charge is 2.34. The Bertz CT molecular complexity index is 502. The van der Waals surface area contributed by atoms with Gasteiger partial charge in [0.15, 0.2) is 0 Å². The summed E-state index contributed by atoms with van der Waals surface area (Å²) in [4.78, 5) is 14.3. The maximum absolute atomic E-state index is 10.7. The number of nitro groups is 1. The van der Waals surface area contributed by atoms with Gasteiger partial charge in [-0.15, -0.1) is 0 Å². The van der Waals surface area contributed by atoms with E-state index in [9.17, 15) is 15.2 Å². The highest BCUT2D eigenvalue weighted by Crippen LogP contribution is 2.36. The zero-order valence-electron chi connectivity index (χ0n) is 11.3. The molecule has 110 valence electrons. The average Bonchev–Trinajstić information content (AvgIpc) is 2.43. The smallest absolute Gasteiger partial charge is 0.288 e. The molecule has 2 N–H and O–H groups in total. The number of aromatic nitrogens is 1. The van der Waals surface area contributed by atoms with Gasteiger partial charge in [-0.1, -0.05) is 6.92 Å². The van der Waals surface area contributed by atoms with Crippen LogP contribution in [0.3, 0.4) is 0 Å². The second kappa shape index (κ2) is 6.05. The normalized spacial score (nSPS) is 26.2. The molecule has 1 aliphatic carbocycles. The lowest BCUT2D eigenvalue weighted by atomic mass is 9.77. The molecule has 2 rings (SSSR count). The molecule has 0 radical (unpaired) electrons. The molecule has 0 atom stereocenters. The van der Waals surface area contributed by atoms with Crippen LogP contribution in [0.5, 0.6) is 0 Å². The van der Waals surface area contributed by atoms with Crippen LogP contribution in [0.25, 0.3) is 0 Å². The number of hydrogen-bond acceptors (Lipinski definition) is 5. The van der Waals surface area contributed by atoms with Gasteiger partial charge in [0.25, 0.3) is 5.69 Å². The SMILES string of the molecule is CC1CCC(CO)(Nc2ncc([N+](=O)[O-])cc2Br)CC1. The first kappa shape index (κ1) is 15.2. The molecule has 1 aliphatic rings. The number of rotatable bonds is 4. The van der Waals surface area contributed by atoms with Crippen molar-refractivity contribution >= 4 is 27.4 Å². The summed E-state index contributed by atoms with van der Waals surface area (Å²) in [6, 6.07) is 1.42. The average molecular weight is 344 g/mol. The largest absolute Gasteiger partial charge is 0.394 e. The van der Waals surface area contributed by atoms with Gasteiger partial charge in [0, 0.05) is 6.07 Å². The number of nitrogens with zero attached hydrogens (tertiary/aromatic N) is 2. The predicted molar refractivity (Wildman–Crippen MR) is 79.7 cm³/mol. The van der Waals surface area contributed by atoms with Gasteiger partial charge >= 0.3 is 0 Å². The minimum atomic E-state index is -0.481. The molecule has 0 amide bonds. The quantitative estimate of drug-likeness (QED) is 0.647. The second-order valence-corrected chi connectivity index (χ2v) is 6.38. The zero-order chi connectivity index (χ0) is 14.8. The third kappa shape index (κ3) is 3.27. The van der Waals surface area contributed by atoms with E-state index in [1.807, 2.05) is 0 Å². The van der Waals surface area contributed by atoms with Crippen molar-refractivity contribution in [2.75, 3.05) is 11.9 Å². The van der Waals surface area contributed by atoms with E-state index in [2.05, 4.69) is 33.2 Å². The molecule has 1 saturated carbocycles. The van der Waals surface area contributed by atoms with Crippen LogP contribution in [-0.4, -0.2) is 27.2 Å². The van der Waals surface area contributed by atoms with E-state index in [0.717, 1.165) is 25.7 Å². The number of hydrogen-bond donors (Lipinski definition) is 2. The predicted octanol–water partition coefficient (Wildman–Crippen LogP) is 3.11. The van der Waals surface area contributed by atoms with E-state index in [-0.39, 0.29) is 17.8 Å². The minimum absolute atomic E-state index is 0.0326. The van der Waals surface area contributed by atoms with Crippen molar-refractivity contribution in [2.45, 2.75) is 38.1 Å². The van der Waals surface area contributed by atoms with E-state index in [4.69, 9.17) is 0 Å². The maximum Gasteiger partial charge on any atom is 0.288 e. The lowest BCUT2D eigenvalue weighted by Crippen LogP contribution is -2.45. The molecule has 1 aromatic rings. The van der Waals surface area contributed by atoms with Crippen LogP contribution in [0.2, 0.25) is 0 Å². The lowest BCUT2D eigenvalue weighted by Gasteiger charge is -2.39. The van der Waals surface area contributed by atoms with Crippen LogP contribution in [0.15, 0.2) is 16.7 Å². The van der Waals surface area contributed by atoms with Crippen molar-refractivity contribution in [3.05, 3.63) is 26.9 Å². The second-order valence-electron chi connectivity index (χ2n) is 5.53. The summed E-state index contributed by atoms with van der Waals surface area (Å²) in [6.45, 7) is 2.24. The molecule has 0 aromatic carbocycles. The van der Waals surface area contributed by atoms with Crippen molar-refractivity contribution in [1.82, 2.24) is 4.98 Å². The van der Waals surface area contributed by atoms with Crippen molar-refractivity contribution in [2.24, 2.45) is 5.92 Å². The van der Waals surface area contributed by atoms with Gasteiger partial charge in [0.2, 0.25) is 0 Å². The molecular formula is C13H18BrN3O3. The van der Waals surface area contributed by atoms with E-state index in [1.54, 1.807) is 0 Å². The first-order chi connectivity index (χ1) is 9.46. The molecule has 1 fully saturated rings. The fourth-order valence-corrected chi connectivity index (χ4v) is 2.94. The summed E-state index contributed by atoms with van der Waals surface area (Å²) in [7, 11) is 0. The summed E-state index contributed by atoms with van der Waals surface area (Å²) in [5.41, 5.74) is -0.434. The summed E-state index contributed by atoms with van der Waals surface area (Å²) in [6.07, 6.45) is 5.07.